The third-order valence-electron chi connectivity index (χ3n) is 4.94. The van der Waals surface area contributed by atoms with Crippen molar-refractivity contribution in [3.05, 3.63) is 83.0 Å². The van der Waals surface area contributed by atoms with Gasteiger partial charge in [-0.15, -0.1) is 0 Å². The summed E-state index contributed by atoms with van der Waals surface area (Å²) in [4.78, 5) is 15.3. The number of hydrogen-bond donors (Lipinski definition) is 1. The van der Waals surface area contributed by atoms with Crippen LogP contribution < -0.4 is 4.74 Å². The highest BCUT2D eigenvalue weighted by Crippen LogP contribution is 2.28. The SMILES string of the molecule is CCOC(CC(=O)O)c1ccc(OCc2cccc(-c3c(C)cccc3C)c2)nc1. The van der Waals surface area contributed by atoms with Crippen LogP contribution in [0.25, 0.3) is 11.1 Å². The largest absolute Gasteiger partial charge is 0.481 e. The van der Waals surface area contributed by atoms with Crippen LogP contribution in [-0.2, 0) is 16.1 Å². The third-order valence-corrected chi connectivity index (χ3v) is 4.94. The molecule has 0 fully saturated rings. The molecule has 1 unspecified atom stereocenters. The molecule has 0 aliphatic heterocycles. The number of hydrogen-bond acceptors (Lipinski definition) is 4. The highest BCUT2D eigenvalue weighted by molar-refractivity contribution is 5.71. The summed E-state index contributed by atoms with van der Waals surface area (Å²) >= 11 is 0. The summed E-state index contributed by atoms with van der Waals surface area (Å²) < 4.78 is 11.4. The average Bonchev–Trinajstić information content (AvgIpc) is 2.72. The van der Waals surface area contributed by atoms with Gasteiger partial charge in [-0.2, -0.15) is 0 Å². The van der Waals surface area contributed by atoms with Gasteiger partial charge in [-0.05, 0) is 66.3 Å². The molecule has 1 heterocycles. The second-order valence-corrected chi connectivity index (χ2v) is 7.23. The minimum atomic E-state index is -0.905. The number of carboxylic acid groups (broad SMARTS) is 1. The molecule has 0 aliphatic rings. The lowest BCUT2D eigenvalue weighted by Crippen LogP contribution is -2.10. The smallest absolute Gasteiger partial charge is 0.306 e. The Morgan fingerprint density at radius 1 is 1.07 bits per heavy atom. The maximum Gasteiger partial charge on any atom is 0.306 e. The zero-order valence-corrected chi connectivity index (χ0v) is 17.6. The van der Waals surface area contributed by atoms with E-state index < -0.39 is 12.1 Å². The molecular weight excluding hydrogens is 378 g/mol. The Morgan fingerprint density at radius 3 is 2.43 bits per heavy atom. The Balaban J connectivity index is 1.69. The molecular formula is C25H27NO4. The van der Waals surface area contributed by atoms with Crippen LogP contribution in [0.2, 0.25) is 0 Å². The molecule has 0 aliphatic carbocycles. The fourth-order valence-electron chi connectivity index (χ4n) is 3.54. The quantitative estimate of drug-likeness (QED) is 0.509. The molecule has 2 aromatic carbocycles. The van der Waals surface area contributed by atoms with E-state index >= 15 is 0 Å². The molecule has 30 heavy (non-hydrogen) atoms. The van der Waals surface area contributed by atoms with Gasteiger partial charge >= 0.3 is 5.97 Å². The van der Waals surface area contributed by atoms with Crippen molar-refractivity contribution in [1.29, 1.82) is 0 Å². The standard InChI is InChI=1S/C25H27NO4/c1-4-29-22(14-24(27)28)21-11-12-23(26-15-21)30-16-19-9-6-10-20(13-19)25-17(2)7-5-8-18(25)3/h5-13,15,22H,4,14,16H2,1-3H3,(H,27,28). The van der Waals surface area contributed by atoms with Crippen LogP contribution >= 0.6 is 0 Å². The van der Waals surface area contributed by atoms with E-state index in [9.17, 15) is 4.79 Å². The first-order chi connectivity index (χ1) is 14.5. The number of pyridine rings is 1. The van der Waals surface area contributed by atoms with Crippen molar-refractivity contribution in [1.82, 2.24) is 4.98 Å². The predicted octanol–water partition coefficient (Wildman–Crippen LogP) is 5.50. The summed E-state index contributed by atoms with van der Waals surface area (Å²) in [5, 5.41) is 9.05. The number of aliphatic carboxylic acids is 1. The number of rotatable bonds is 9. The van der Waals surface area contributed by atoms with Crippen molar-refractivity contribution in [2.24, 2.45) is 0 Å². The van der Waals surface area contributed by atoms with Crippen LogP contribution in [0.1, 0.15) is 41.7 Å². The first-order valence-corrected chi connectivity index (χ1v) is 10.1. The summed E-state index contributed by atoms with van der Waals surface area (Å²) in [5.74, 6) is -0.417. The Labute approximate surface area is 177 Å². The summed E-state index contributed by atoms with van der Waals surface area (Å²) in [6.07, 6.45) is 1.01. The molecule has 3 rings (SSSR count). The zero-order chi connectivity index (χ0) is 21.5. The van der Waals surface area contributed by atoms with Crippen LogP contribution in [0.15, 0.2) is 60.8 Å². The van der Waals surface area contributed by atoms with Gasteiger partial charge in [-0.1, -0.05) is 36.4 Å². The third kappa shape index (κ3) is 5.45. The number of ether oxygens (including phenoxy) is 2. The molecule has 156 valence electrons. The lowest BCUT2D eigenvalue weighted by atomic mass is 9.95. The number of aryl methyl sites for hydroxylation is 2. The van der Waals surface area contributed by atoms with Crippen LogP contribution in [0.4, 0.5) is 0 Å². The number of carbonyl (C=O) groups is 1. The molecule has 5 nitrogen and oxygen atoms in total. The predicted molar refractivity (Wildman–Crippen MR) is 117 cm³/mol. The van der Waals surface area contributed by atoms with E-state index in [0.717, 1.165) is 11.1 Å². The van der Waals surface area contributed by atoms with Gasteiger partial charge in [0.1, 0.15) is 6.61 Å². The van der Waals surface area contributed by atoms with Gasteiger partial charge in [0.15, 0.2) is 0 Å². The first-order valence-electron chi connectivity index (χ1n) is 10.1. The Hall–Kier alpha value is -3.18. The Bertz CT molecular complexity index is 978. The first kappa shape index (κ1) is 21.5. The van der Waals surface area contributed by atoms with E-state index in [0.29, 0.717) is 19.1 Å². The highest BCUT2D eigenvalue weighted by atomic mass is 16.5. The Morgan fingerprint density at radius 2 is 1.80 bits per heavy atom. The lowest BCUT2D eigenvalue weighted by molar-refractivity contribution is -0.140. The fraction of sp³-hybridized carbons (Fsp3) is 0.280. The van der Waals surface area contributed by atoms with Crippen LogP contribution in [0.5, 0.6) is 5.88 Å². The summed E-state index contributed by atoms with van der Waals surface area (Å²) in [6.45, 7) is 6.92. The molecule has 0 saturated carbocycles. The highest BCUT2D eigenvalue weighted by Gasteiger charge is 2.16. The summed E-state index contributed by atoms with van der Waals surface area (Å²) in [7, 11) is 0. The Kier molecular flexibility index (Phi) is 7.20. The minimum Gasteiger partial charge on any atom is -0.481 e. The topological polar surface area (TPSA) is 68.7 Å². The van der Waals surface area contributed by atoms with E-state index in [-0.39, 0.29) is 6.42 Å². The second kappa shape index (κ2) is 10.0. The second-order valence-electron chi connectivity index (χ2n) is 7.23. The monoisotopic (exact) mass is 405 g/mol. The van der Waals surface area contributed by atoms with E-state index in [1.54, 1.807) is 18.3 Å². The van der Waals surface area contributed by atoms with Crippen molar-refractivity contribution in [3.63, 3.8) is 0 Å². The maximum atomic E-state index is 11.0. The van der Waals surface area contributed by atoms with E-state index in [4.69, 9.17) is 14.6 Å². The van der Waals surface area contributed by atoms with Crippen LogP contribution in [-0.4, -0.2) is 22.7 Å². The van der Waals surface area contributed by atoms with Crippen molar-refractivity contribution < 1.29 is 19.4 Å². The zero-order valence-electron chi connectivity index (χ0n) is 17.6. The molecule has 0 bridgehead atoms. The van der Waals surface area contributed by atoms with E-state index in [1.165, 1.54) is 22.3 Å². The minimum absolute atomic E-state index is 0.0964. The number of aromatic nitrogens is 1. The van der Waals surface area contributed by atoms with Crippen molar-refractivity contribution in [2.45, 2.75) is 39.9 Å². The van der Waals surface area contributed by atoms with Crippen LogP contribution in [0, 0.1) is 13.8 Å². The number of benzene rings is 2. The molecule has 1 aromatic heterocycles. The van der Waals surface area contributed by atoms with Crippen LogP contribution in [0.3, 0.4) is 0 Å². The maximum absolute atomic E-state index is 11.0. The van der Waals surface area contributed by atoms with Gasteiger partial charge in [-0.25, -0.2) is 4.98 Å². The van der Waals surface area contributed by atoms with Gasteiger partial charge < -0.3 is 14.6 Å². The molecule has 1 N–H and O–H groups in total. The normalized spacial score (nSPS) is 11.8. The lowest BCUT2D eigenvalue weighted by Gasteiger charge is -2.15. The molecule has 0 radical (unpaired) electrons. The number of carboxylic acids is 1. The van der Waals surface area contributed by atoms with E-state index in [2.05, 4.69) is 49.2 Å². The molecule has 3 aromatic rings. The van der Waals surface area contributed by atoms with Gasteiger partial charge in [0.25, 0.3) is 0 Å². The molecule has 0 saturated heterocycles. The summed E-state index contributed by atoms with van der Waals surface area (Å²) in [6, 6.07) is 18.2. The molecule has 0 spiro atoms. The van der Waals surface area contributed by atoms with E-state index in [1.807, 2.05) is 19.1 Å². The van der Waals surface area contributed by atoms with Gasteiger partial charge in [-0.3, -0.25) is 4.79 Å². The van der Waals surface area contributed by atoms with Gasteiger partial charge in [0.2, 0.25) is 5.88 Å². The van der Waals surface area contributed by atoms with Crippen molar-refractivity contribution in [3.8, 4) is 17.0 Å². The molecule has 5 heteroatoms. The molecule has 0 amide bonds. The number of nitrogens with zero attached hydrogens (tertiary/aromatic N) is 1. The average molecular weight is 405 g/mol. The fourth-order valence-corrected chi connectivity index (χ4v) is 3.54. The van der Waals surface area contributed by atoms with Crippen molar-refractivity contribution >= 4 is 5.97 Å². The van der Waals surface area contributed by atoms with Gasteiger partial charge in [0.05, 0.1) is 12.5 Å². The van der Waals surface area contributed by atoms with Gasteiger partial charge in [0, 0.05) is 18.9 Å². The summed E-state index contributed by atoms with van der Waals surface area (Å²) in [5.41, 5.74) is 6.69. The van der Waals surface area contributed by atoms with Crippen molar-refractivity contribution in [2.75, 3.05) is 6.61 Å². The molecule has 1 atom stereocenters.